The average Bonchev–Trinajstić information content (AvgIpc) is 2.40. The fourth-order valence-electron chi connectivity index (χ4n) is 1.78. The van der Waals surface area contributed by atoms with Crippen LogP contribution in [0, 0.1) is 0 Å². The lowest BCUT2D eigenvalue weighted by molar-refractivity contribution is -0.146. The zero-order valence-electron chi connectivity index (χ0n) is 7.96. The topological polar surface area (TPSA) is 40.5 Å². The van der Waals surface area contributed by atoms with Gasteiger partial charge in [-0.1, -0.05) is 12.8 Å². The molecule has 14 heavy (non-hydrogen) atoms. The molecule has 0 aromatic rings. The highest BCUT2D eigenvalue weighted by molar-refractivity contribution is 5.79. The van der Waals surface area contributed by atoms with E-state index in [0.717, 1.165) is 24.2 Å². The first-order valence-corrected chi connectivity index (χ1v) is 4.86. The van der Waals surface area contributed by atoms with Crippen LogP contribution in [0.3, 0.4) is 0 Å². The Bertz CT molecular complexity index is 199. The molecule has 5 heteroatoms. The van der Waals surface area contributed by atoms with Crippen LogP contribution in [0.2, 0.25) is 0 Å². The number of amides is 1. The summed E-state index contributed by atoms with van der Waals surface area (Å²) >= 11 is 0. The summed E-state index contributed by atoms with van der Waals surface area (Å²) in [5.74, 6) is -1.15. The van der Waals surface area contributed by atoms with Crippen molar-refractivity contribution in [2.45, 2.75) is 38.2 Å². The first-order valence-electron chi connectivity index (χ1n) is 4.86. The number of nitrogens with zero attached hydrogens (tertiary/aromatic N) is 1. The number of carbonyl (C=O) groups excluding carboxylic acids is 1. The van der Waals surface area contributed by atoms with Gasteiger partial charge in [-0.25, -0.2) is 0 Å². The van der Waals surface area contributed by atoms with E-state index in [4.69, 9.17) is 5.11 Å². The summed E-state index contributed by atoms with van der Waals surface area (Å²) in [5.41, 5.74) is 0. The molecular weight excluding hydrogens is 192 g/mol. The third kappa shape index (κ3) is 2.64. The van der Waals surface area contributed by atoms with E-state index < -0.39 is 18.4 Å². The minimum absolute atomic E-state index is 0.224. The molecule has 0 saturated carbocycles. The first kappa shape index (κ1) is 11.4. The van der Waals surface area contributed by atoms with Gasteiger partial charge in [0.25, 0.3) is 5.91 Å². The summed E-state index contributed by atoms with van der Waals surface area (Å²) in [6.07, 6.45) is 0.230. The smallest absolute Gasteiger partial charge is 0.315 e. The quantitative estimate of drug-likeness (QED) is 0.734. The number of aliphatic hydroxyl groups is 1. The number of hydrogen-bond acceptors (Lipinski definition) is 2. The molecule has 1 aliphatic rings. The van der Waals surface area contributed by atoms with Gasteiger partial charge in [-0.2, -0.15) is 8.78 Å². The number of rotatable bonds is 2. The number of alkyl halides is 2. The Morgan fingerprint density at radius 3 is 2.71 bits per heavy atom. The van der Waals surface area contributed by atoms with Crippen molar-refractivity contribution >= 4 is 5.91 Å². The zero-order chi connectivity index (χ0) is 10.6. The lowest BCUT2D eigenvalue weighted by Crippen LogP contribution is -2.44. The fourth-order valence-corrected chi connectivity index (χ4v) is 1.78. The molecule has 1 unspecified atom stereocenters. The van der Waals surface area contributed by atoms with Gasteiger partial charge in [-0.3, -0.25) is 4.79 Å². The highest BCUT2D eigenvalue weighted by atomic mass is 19.3. The molecule has 1 N–H and O–H groups in total. The molecule has 1 fully saturated rings. The first-order chi connectivity index (χ1) is 6.66. The summed E-state index contributed by atoms with van der Waals surface area (Å²) in [6.45, 7) is 0.118. The fraction of sp³-hybridized carbons (Fsp3) is 0.889. The summed E-state index contributed by atoms with van der Waals surface area (Å²) < 4.78 is 24.4. The number of hydrogen-bond donors (Lipinski definition) is 1. The number of halogens is 2. The average molecular weight is 207 g/mol. The molecule has 0 aliphatic carbocycles. The van der Waals surface area contributed by atoms with E-state index in [1.54, 1.807) is 0 Å². The van der Waals surface area contributed by atoms with E-state index in [2.05, 4.69) is 0 Å². The summed E-state index contributed by atoms with van der Waals surface area (Å²) in [5, 5.41) is 8.98. The van der Waals surface area contributed by atoms with Crippen LogP contribution >= 0.6 is 0 Å². The maximum atomic E-state index is 12.2. The molecule has 0 spiro atoms. The van der Waals surface area contributed by atoms with Crippen LogP contribution in [0.4, 0.5) is 8.78 Å². The zero-order valence-corrected chi connectivity index (χ0v) is 7.96. The standard InChI is InChI=1S/C9H15F2NO2/c10-8(11)9(14)12-5-3-1-2-4-7(12)6-13/h7-8,13H,1-6H2. The van der Waals surface area contributed by atoms with Gasteiger partial charge >= 0.3 is 6.43 Å². The Morgan fingerprint density at radius 2 is 2.14 bits per heavy atom. The van der Waals surface area contributed by atoms with Crippen LogP contribution in [0.1, 0.15) is 25.7 Å². The van der Waals surface area contributed by atoms with Crippen LogP contribution in [0.5, 0.6) is 0 Å². The lowest BCUT2D eigenvalue weighted by atomic mass is 10.1. The number of carbonyl (C=O) groups is 1. The van der Waals surface area contributed by atoms with Gasteiger partial charge in [-0.15, -0.1) is 0 Å². The molecule has 0 aromatic heterocycles. The normalized spacial score (nSPS) is 23.7. The Morgan fingerprint density at radius 1 is 1.43 bits per heavy atom. The van der Waals surface area contributed by atoms with Gasteiger partial charge < -0.3 is 10.0 Å². The van der Waals surface area contributed by atoms with E-state index in [1.165, 1.54) is 0 Å². The van der Waals surface area contributed by atoms with Crippen molar-refractivity contribution in [3.8, 4) is 0 Å². The Labute approximate surface area is 81.7 Å². The second kappa shape index (κ2) is 5.24. The Kier molecular flexibility index (Phi) is 4.25. The van der Waals surface area contributed by atoms with E-state index >= 15 is 0 Å². The van der Waals surface area contributed by atoms with E-state index in [1.807, 2.05) is 0 Å². The molecule has 3 nitrogen and oxygen atoms in total. The molecule has 0 radical (unpaired) electrons. The molecule has 0 aromatic carbocycles. The summed E-state index contributed by atoms with van der Waals surface area (Å²) in [7, 11) is 0. The third-order valence-corrected chi connectivity index (χ3v) is 2.56. The Hall–Kier alpha value is -0.710. The predicted molar refractivity (Wildman–Crippen MR) is 47.1 cm³/mol. The van der Waals surface area contributed by atoms with Crippen molar-refractivity contribution in [2.24, 2.45) is 0 Å². The number of aliphatic hydroxyl groups excluding tert-OH is 1. The van der Waals surface area contributed by atoms with Crippen molar-refractivity contribution in [3.05, 3.63) is 0 Å². The molecule has 1 amide bonds. The minimum Gasteiger partial charge on any atom is -0.394 e. The molecule has 1 heterocycles. The van der Waals surface area contributed by atoms with Gasteiger partial charge in [-0.05, 0) is 12.8 Å². The van der Waals surface area contributed by atoms with E-state index in [9.17, 15) is 13.6 Å². The molecule has 1 rings (SSSR count). The largest absolute Gasteiger partial charge is 0.394 e. The molecule has 1 aliphatic heterocycles. The van der Waals surface area contributed by atoms with Crippen LogP contribution in [0.25, 0.3) is 0 Å². The van der Waals surface area contributed by atoms with Crippen LogP contribution in [-0.2, 0) is 4.79 Å². The highest BCUT2D eigenvalue weighted by Crippen LogP contribution is 2.18. The maximum Gasteiger partial charge on any atom is 0.315 e. The molecule has 1 saturated heterocycles. The molecule has 1 atom stereocenters. The van der Waals surface area contributed by atoms with Crippen molar-refractivity contribution < 1.29 is 18.7 Å². The third-order valence-electron chi connectivity index (χ3n) is 2.56. The SMILES string of the molecule is O=C(C(F)F)N1CCCCCC1CO. The monoisotopic (exact) mass is 207 g/mol. The minimum atomic E-state index is -2.96. The lowest BCUT2D eigenvalue weighted by Gasteiger charge is -2.28. The Balaban J connectivity index is 2.65. The van der Waals surface area contributed by atoms with Crippen LogP contribution in [-0.4, -0.2) is 41.5 Å². The predicted octanol–water partition coefficient (Wildman–Crippen LogP) is 1.02. The second-order valence-corrected chi connectivity index (χ2v) is 3.52. The van der Waals surface area contributed by atoms with Gasteiger partial charge in [0.15, 0.2) is 0 Å². The van der Waals surface area contributed by atoms with E-state index in [-0.39, 0.29) is 6.61 Å². The van der Waals surface area contributed by atoms with E-state index in [0.29, 0.717) is 13.0 Å². The van der Waals surface area contributed by atoms with Crippen molar-refractivity contribution in [1.29, 1.82) is 0 Å². The number of likely N-dealkylation sites (tertiary alicyclic amines) is 1. The molecular formula is C9H15F2NO2. The molecule has 82 valence electrons. The maximum absolute atomic E-state index is 12.2. The van der Waals surface area contributed by atoms with Gasteiger partial charge in [0.2, 0.25) is 0 Å². The van der Waals surface area contributed by atoms with Gasteiger partial charge in [0.05, 0.1) is 12.6 Å². The van der Waals surface area contributed by atoms with Crippen molar-refractivity contribution in [1.82, 2.24) is 4.90 Å². The summed E-state index contributed by atoms with van der Waals surface area (Å²) in [6, 6.07) is -0.418. The van der Waals surface area contributed by atoms with Crippen molar-refractivity contribution in [2.75, 3.05) is 13.2 Å². The highest BCUT2D eigenvalue weighted by Gasteiger charge is 2.29. The molecule has 0 bridgehead atoms. The summed E-state index contributed by atoms with van der Waals surface area (Å²) in [4.78, 5) is 12.2. The van der Waals surface area contributed by atoms with Gasteiger partial charge in [0.1, 0.15) is 0 Å². The van der Waals surface area contributed by atoms with Crippen LogP contribution < -0.4 is 0 Å². The van der Waals surface area contributed by atoms with Crippen molar-refractivity contribution in [3.63, 3.8) is 0 Å². The van der Waals surface area contributed by atoms with Crippen LogP contribution in [0.15, 0.2) is 0 Å². The second-order valence-electron chi connectivity index (χ2n) is 3.52. The van der Waals surface area contributed by atoms with Gasteiger partial charge in [0, 0.05) is 6.54 Å².